The summed E-state index contributed by atoms with van der Waals surface area (Å²) in [4.78, 5) is 28.4. The molecule has 0 spiro atoms. The Morgan fingerprint density at radius 2 is 1.71 bits per heavy atom. The third kappa shape index (κ3) is 6.07. The van der Waals surface area contributed by atoms with Gasteiger partial charge in [-0.2, -0.15) is 0 Å². The van der Waals surface area contributed by atoms with Gasteiger partial charge in [-0.25, -0.2) is 13.1 Å². The van der Waals surface area contributed by atoms with Crippen molar-refractivity contribution in [3.8, 4) is 0 Å². The molecule has 0 aliphatic heterocycles. The first-order chi connectivity index (χ1) is 14.9. The lowest BCUT2D eigenvalue weighted by Gasteiger charge is -2.19. The zero-order valence-corrected chi connectivity index (χ0v) is 17.8. The molecule has 1 amide bonds. The fourth-order valence-electron chi connectivity index (χ4n) is 3.02. The Kier molecular flexibility index (Phi) is 7.28. The van der Waals surface area contributed by atoms with Gasteiger partial charge < -0.3 is 5.32 Å². The molecule has 0 aliphatic rings. The van der Waals surface area contributed by atoms with Crippen molar-refractivity contribution in [2.75, 3.05) is 6.54 Å². The zero-order chi connectivity index (χ0) is 22.3. The lowest BCUT2D eigenvalue weighted by Crippen LogP contribution is -2.33. The van der Waals surface area contributed by atoms with Crippen LogP contribution in [0.5, 0.6) is 0 Å². The first kappa shape index (κ1) is 22.3. The number of carbonyl (C=O) groups excluding carboxylic acids is 2. The van der Waals surface area contributed by atoms with Crippen LogP contribution in [0.1, 0.15) is 41.0 Å². The highest BCUT2D eigenvalue weighted by molar-refractivity contribution is 7.89. The van der Waals surface area contributed by atoms with Crippen molar-refractivity contribution in [3.05, 3.63) is 95.8 Å². The van der Waals surface area contributed by atoms with E-state index in [2.05, 4.69) is 15.0 Å². The Bertz CT molecular complexity index is 1110. The van der Waals surface area contributed by atoms with Gasteiger partial charge in [0, 0.05) is 24.7 Å². The monoisotopic (exact) mass is 437 g/mol. The van der Waals surface area contributed by atoms with Gasteiger partial charge in [0.2, 0.25) is 15.9 Å². The third-order valence-corrected chi connectivity index (χ3v) is 6.08. The molecule has 160 valence electrons. The summed E-state index contributed by atoms with van der Waals surface area (Å²) in [5.41, 5.74) is 1.86. The van der Waals surface area contributed by atoms with Crippen LogP contribution in [0.3, 0.4) is 0 Å². The third-order valence-electron chi connectivity index (χ3n) is 4.62. The molecule has 3 aromatic rings. The number of sulfonamides is 1. The van der Waals surface area contributed by atoms with E-state index in [0.29, 0.717) is 11.3 Å². The standard InChI is InChI=1S/C23H23N3O4S/c1-17(27)19-10-7-11-20(16-19)31(29,30)25-15-13-22(28)26-23(18-8-3-2-4-9-18)21-12-5-6-14-24-21/h2-12,14,16,23,25H,13,15H2,1H3,(H,26,28)/t23-/m1/s1. The molecule has 0 saturated carbocycles. The molecule has 1 heterocycles. The predicted molar refractivity (Wildman–Crippen MR) is 117 cm³/mol. The number of hydrogen-bond acceptors (Lipinski definition) is 5. The molecular formula is C23H23N3O4S. The minimum atomic E-state index is -3.84. The number of carbonyl (C=O) groups is 2. The number of aromatic nitrogens is 1. The maximum Gasteiger partial charge on any atom is 0.240 e. The van der Waals surface area contributed by atoms with E-state index in [9.17, 15) is 18.0 Å². The second-order valence-electron chi connectivity index (χ2n) is 6.90. The Hall–Kier alpha value is -3.36. The van der Waals surface area contributed by atoms with Gasteiger partial charge in [0.05, 0.1) is 16.6 Å². The van der Waals surface area contributed by atoms with Crippen molar-refractivity contribution in [2.24, 2.45) is 0 Å². The largest absolute Gasteiger partial charge is 0.344 e. The Balaban J connectivity index is 1.64. The molecule has 31 heavy (non-hydrogen) atoms. The summed E-state index contributed by atoms with van der Waals surface area (Å²) in [7, 11) is -3.84. The average Bonchev–Trinajstić information content (AvgIpc) is 2.78. The van der Waals surface area contributed by atoms with Crippen molar-refractivity contribution < 1.29 is 18.0 Å². The van der Waals surface area contributed by atoms with Crippen LogP contribution in [0.4, 0.5) is 0 Å². The summed E-state index contributed by atoms with van der Waals surface area (Å²) in [6, 6.07) is 20.2. The lowest BCUT2D eigenvalue weighted by atomic mass is 10.0. The number of benzene rings is 2. The molecule has 7 nitrogen and oxygen atoms in total. The fourth-order valence-corrected chi connectivity index (χ4v) is 4.10. The lowest BCUT2D eigenvalue weighted by molar-refractivity contribution is -0.121. The Labute approximate surface area is 181 Å². The van der Waals surface area contributed by atoms with Gasteiger partial charge in [-0.05, 0) is 36.8 Å². The highest BCUT2D eigenvalue weighted by Gasteiger charge is 2.19. The van der Waals surface area contributed by atoms with Crippen molar-refractivity contribution in [2.45, 2.75) is 24.3 Å². The van der Waals surface area contributed by atoms with Crippen LogP contribution < -0.4 is 10.0 Å². The Morgan fingerprint density at radius 1 is 0.968 bits per heavy atom. The van der Waals surface area contributed by atoms with Crippen molar-refractivity contribution in [1.29, 1.82) is 0 Å². The van der Waals surface area contributed by atoms with Crippen molar-refractivity contribution in [3.63, 3.8) is 0 Å². The average molecular weight is 438 g/mol. The van der Waals surface area contributed by atoms with E-state index in [4.69, 9.17) is 0 Å². The second kappa shape index (κ2) is 10.1. The molecule has 0 unspecified atom stereocenters. The van der Waals surface area contributed by atoms with E-state index in [1.54, 1.807) is 18.3 Å². The predicted octanol–water partition coefficient (Wildman–Crippen LogP) is 2.86. The van der Waals surface area contributed by atoms with Gasteiger partial charge in [-0.15, -0.1) is 0 Å². The van der Waals surface area contributed by atoms with Gasteiger partial charge in [0.1, 0.15) is 0 Å². The molecule has 0 aliphatic carbocycles. The number of ketones is 1. The minimum Gasteiger partial charge on any atom is -0.344 e. The van der Waals surface area contributed by atoms with Gasteiger partial charge in [0.25, 0.3) is 0 Å². The van der Waals surface area contributed by atoms with Gasteiger partial charge in [0.15, 0.2) is 5.78 Å². The number of amides is 1. The number of hydrogen-bond donors (Lipinski definition) is 2. The molecule has 0 radical (unpaired) electrons. The molecule has 8 heteroatoms. The maximum atomic E-state index is 12.5. The van der Waals surface area contributed by atoms with Crippen molar-refractivity contribution in [1.82, 2.24) is 15.0 Å². The number of rotatable bonds is 9. The molecule has 1 aromatic heterocycles. The highest BCUT2D eigenvalue weighted by atomic mass is 32.2. The molecule has 2 N–H and O–H groups in total. The maximum absolute atomic E-state index is 12.5. The Morgan fingerprint density at radius 3 is 2.39 bits per heavy atom. The molecule has 0 fully saturated rings. The fraction of sp³-hybridized carbons (Fsp3) is 0.174. The van der Waals surface area contributed by atoms with Crippen LogP contribution in [0.15, 0.2) is 83.9 Å². The van der Waals surface area contributed by atoms with E-state index < -0.39 is 16.1 Å². The number of pyridine rings is 1. The SMILES string of the molecule is CC(=O)c1cccc(S(=O)(=O)NCCC(=O)N[C@H](c2ccccc2)c2ccccn2)c1. The van der Waals surface area contributed by atoms with E-state index in [-0.39, 0.29) is 29.6 Å². The molecule has 0 saturated heterocycles. The molecule has 2 aromatic carbocycles. The van der Waals surface area contributed by atoms with Crippen LogP contribution in [-0.4, -0.2) is 31.6 Å². The van der Waals surface area contributed by atoms with Crippen LogP contribution in [0.2, 0.25) is 0 Å². The highest BCUT2D eigenvalue weighted by Crippen LogP contribution is 2.20. The summed E-state index contributed by atoms with van der Waals surface area (Å²) < 4.78 is 27.4. The van der Waals surface area contributed by atoms with Gasteiger partial charge >= 0.3 is 0 Å². The van der Waals surface area contributed by atoms with Crippen molar-refractivity contribution >= 4 is 21.7 Å². The van der Waals surface area contributed by atoms with E-state index in [0.717, 1.165) is 5.56 Å². The molecule has 3 rings (SSSR count). The molecule has 1 atom stereocenters. The first-order valence-electron chi connectivity index (χ1n) is 9.73. The summed E-state index contributed by atoms with van der Waals surface area (Å²) in [5.74, 6) is -0.544. The number of nitrogens with one attached hydrogen (secondary N) is 2. The van der Waals surface area contributed by atoms with E-state index in [1.807, 2.05) is 42.5 Å². The van der Waals surface area contributed by atoms with Gasteiger partial charge in [-0.1, -0.05) is 48.5 Å². The number of Topliss-reactive ketones (excluding diaryl/α,β-unsaturated/α-hetero) is 1. The number of nitrogens with zero attached hydrogens (tertiary/aromatic N) is 1. The topological polar surface area (TPSA) is 105 Å². The first-order valence-corrected chi connectivity index (χ1v) is 11.2. The van der Waals surface area contributed by atoms with E-state index >= 15 is 0 Å². The molecular weight excluding hydrogens is 414 g/mol. The van der Waals surface area contributed by atoms with Crippen LogP contribution in [0.25, 0.3) is 0 Å². The summed E-state index contributed by atoms with van der Waals surface area (Å²) in [5, 5.41) is 2.92. The smallest absolute Gasteiger partial charge is 0.240 e. The summed E-state index contributed by atoms with van der Waals surface area (Å²) in [6.07, 6.45) is 1.60. The van der Waals surface area contributed by atoms with Gasteiger partial charge in [-0.3, -0.25) is 14.6 Å². The summed E-state index contributed by atoms with van der Waals surface area (Å²) in [6.45, 7) is 1.29. The second-order valence-corrected chi connectivity index (χ2v) is 8.66. The van der Waals surface area contributed by atoms with Crippen LogP contribution in [-0.2, 0) is 14.8 Å². The molecule has 0 bridgehead atoms. The summed E-state index contributed by atoms with van der Waals surface area (Å²) >= 11 is 0. The van der Waals surface area contributed by atoms with E-state index in [1.165, 1.54) is 25.1 Å². The van der Waals surface area contributed by atoms with Crippen LogP contribution in [0, 0.1) is 0 Å². The normalized spacial score (nSPS) is 12.2. The quantitative estimate of drug-likeness (QED) is 0.501. The minimum absolute atomic E-state index is 0.0174. The zero-order valence-electron chi connectivity index (χ0n) is 17.0. The van der Waals surface area contributed by atoms with Crippen LogP contribution >= 0.6 is 0 Å².